The van der Waals surface area contributed by atoms with Gasteiger partial charge in [-0.2, -0.15) is 0 Å². The molecule has 0 amide bonds. The molecule has 0 unspecified atom stereocenters. The van der Waals surface area contributed by atoms with Gasteiger partial charge in [-0.3, -0.25) is 0 Å². The molecule has 1 N–H and O–H groups in total. The molecule has 0 atom stereocenters. The topological polar surface area (TPSA) is 20.2 Å². The summed E-state index contributed by atoms with van der Waals surface area (Å²) in [5, 5.41) is 8.54. The molecule has 0 fully saturated rings. The Bertz CT molecular complexity index is 158. The van der Waals surface area contributed by atoms with E-state index in [1.54, 1.807) is 0 Å². The monoisotopic (exact) mass is 136 g/mol. The molecule has 0 heterocycles. The Balaban J connectivity index is 0.000000371. The van der Waals surface area contributed by atoms with Crippen molar-refractivity contribution in [1.29, 1.82) is 0 Å². The van der Waals surface area contributed by atoms with Crippen molar-refractivity contribution in [1.82, 2.24) is 0 Å². The predicted molar refractivity (Wildman–Crippen MR) is 43.6 cm³/mol. The lowest BCUT2D eigenvalue weighted by atomic mass is 10.2. The third-order valence-electron chi connectivity index (χ3n) is 1.03. The van der Waals surface area contributed by atoms with Crippen LogP contribution in [0.25, 0.3) is 0 Å². The van der Waals surface area contributed by atoms with Gasteiger partial charge in [-0.05, 0) is 5.56 Å². The van der Waals surface area contributed by atoms with E-state index in [1.807, 2.05) is 30.3 Å². The molecule has 1 nitrogen and oxygen atoms in total. The normalized spacial score (nSPS) is 7.70. The molecule has 10 heavy (non-hydrogen) atoms. The van der Waals surface area contributed by atoms with E-state index >= 15 is 0 Å². The summed E-state index contributed by atoms with van der Waals surface area (Å²) in [4.78, 5) is 0. The van der Waals surface area contributed by atoms with Crippen LogP contribution in [-0.4, -0.2) is 5.11 Å². The zero-order chi connectivity index (χ0) is 7.82. The molecule has 1 aromatic rings. The third kappa shape index (κ3) is 3.05. The standard InChI is InChI=1S/C7H8O.C2H4/c8-6-7-4-2-1-3-5-7;1-2/h1-5,8H,6H2;1-2H2. The van der Waals surface area contributed by atoms with Gasteiger partial charge in [0.1, 0.15) is 0 Å². The predicted octanol–water partition coefficient (Wildman–Crippen LogP) is 1.98. The summed E-state index contributed by atoms with van der Waals surface area (Å²) in [7, 11) is 0. The number of rotatable bonds is 1. The van der Waals surface area contributed by atoms with Gasteiger partial charge >= 0.3 is 0 Å². The second-order valence-corrected chi connectivity index (χ2v) is 1.64. The second kappa shape index (κ2) is 6.05. The van der Waals surface area contributed by atoms with Gasteiger partial charge < -0.3 is 5.11 Å². The van der Waals surface area contributed by atoms with Gasteiger partial charge in [-0.1, -0.05) is 30.3 Å². The number of aliphatic hydroxyl groups excluding tert-OH is 1. The molecule has 54 valence electrons. The molecule has 0 saturated carbocycles. The van der Waals surface area contributed by atoms with Crippen LogP contribution in [0.3, 0.4) is 0 Å². The lowest BCUT2D eigenvalue weighted by Crippen LogP contribution is -1.77. The molecule has 1 heteroatoms. The summed E-state index contributed by atoms with van der Waals surface area (Å²) < 4.78 is 0. The Morgan fingerprint density at radius 1 is 1.10 bits per heavy atom. The van der Waals surface area contributed by atoms with E-state index in [1.165, 1.54) is 0 Å². The van der Waals surface area contributed by atoms with E-state index < -0.39 is 0 Å². The summed E-state index contributed by atoms with van der Waals surface area (Å²) in [6, 6.07) is 9.52. The van der Waals surface area contributed by atoms with Crippen LogP contribution in [0.2, 0.25) is 0 Å². The first-order valence-corrected chi connectivity index (χ1v) is 3.08. The fourth-order valence-corrected chi connectivity index (χ4v) is 0.583. The van der Waals surface area contributed by atoms with Crippen LogP contribution in [0.4, 0.5) is 0 Å². The van der Waals surface area contributed by atoms with Crippen LogP contribution in [0, 0.1) is 0 Å². The highest BCUT2D eigenvalue weighted by Crippen LogP contribution is 1.95. The Hall–Kier alpha value is -1.08. The molecule has 0 spiro atoms. The van der Waals surface area contributed by atoms with Gasteiger partial charge in [0.15, 0.2) is 0 Å². The maximum absolute atomic E-state index is 8.54. The summed E-state index contributed by atoms with van der Waals surface area (Å²) >= 11 is 0. The molecule has 1 aromatic carbocycles. The van der Waals surface area contributed by atoms with Crippen molar-refractivity contribution in [2.75, 3.05) is 0 Å². The minimum absolute atomic E-state index is 0.140. The quantitative estimate of drug-likeness (QED) is 0.585. The van der Waals surface area contributed by atoms with Crippen molar-refractivity contribution in [2.45, 2.75) is 6.61 Å². The molecule has 0 aliphatic heterocycles. The van der Waals surface area contributed by atoms with Crippen LogP contribution < -0.4 is 0 Å². The average molecular weight is 136 g/mol. The number of benzene rings is 1. The number of aliphatic hydroxyl groups is 1. The first-order chi connectivity index (χ1) is 4.93. The van der Waals surface area contributed by atoms with Crippen molar-refractivity contribution in [2.24, 2.45) is 0 Å². The molecule has 0 saturated heterocycles. The third-order valence-corrected chi connectivity index (χ3v) is 1.03. The SMILES string of the molecule is C=C.OCc1ccccc1. The molecular weight excluding hydrogens is 124 g/mol. The molecule has 1 rings (SSSR count). The summed E-state index contributed by atoms with van der Waals surface area (Å²) in [5.74, 6) is 0. The van der Waals surface area contributed by atoms with Crippen LogP contribution in [0.5, 0.6) is 0 Å². The highest BCUT2D eigenvalue weighted by molar-refractivity contribution is 5.12. The Kier molecular flexibility index (Phi) is 5.39. The fraction of sp³-hybridized carbons (Fsp3) is 0.111. The van der Waals surface area contributed by atoms with Crippen LogP contribution in [0.15, 0.2) is 43.5 Å². The lowest BCUT2D eigenvalue weighted by molar-refractivity contribution is 0.282. The second-order valence-electron chi connectivity index (χ2n) is 1.64. The summed E-state index contributed by atoms with van der Waals surface area (Å²) in [6.07, 6.45) is 0. The smallest absolute Gasteiger partial charge is 0.0681 e. The number of hydrogen-bond acceptors (Lipinski definition) is 1. The van der Waals surface area contributed by atoms with Crippen LogP contribution in [0.1, 0.15) is 5.56 Å². The Labute approximate surface area is 61.6 Å². The van der Waals surface area contributed by atoms with E-state index in [0.29, 0.717) is 0 Å². The van der Waals surface area contributed by atoms with E-state index in [0.717, 1.165) is 5.56 Å². The van der Waals surface area contributed by atoms with Gasteiger partial charge in [-0.25, -0.2) is 0 Å². The largest absolute Gasteiger partial charge is 0.392 e. The fourth-order valence-electron chi connectivity index (χ4n) is 0.583. The summed E-state index contributed by atoms with van der Waals surface area (Å²) in [6.45, 7) is 6.14. The Morgan fingerprint density at radius 2 is 1.60 bits per heavy atom. The Morgan fingerprint density at radius 3 is 1.90 bits per heavy atom. The summed E-state index contributed by atoms with van der Waals surface area (Å²) in [5.41, 5.74) is 0.965. The van der Waals surface area contributed by atoms with Crippen molar-refractivity contribution < 1.29 is 5.11 Å². The molecule has 0 bridgehead atoms. The molecule has 0 radical (unpaired) electrons. The van der Waals surface area contributed by atoms with Gasteiger partial charge in [0.25, 0.3) is 0 Å². The maximum atomic E-state index is 8.54. The molecule has 0 aromatic heterocycles. The van der Waals surface area contributed by atoms with Gasteiger partial charge in [0.2, 0.25) is 0 Å². The van der Waals surface area contributed by atoms with Crippen molar-refractivity contribution in [3.05, 3.63) is 49.1 Å². The van der Waals surface area contributed by atoms with Crippen molar-refractivity contribution in [3.63, 3.8) is 0 Å². The first-order valence-electron chi connectivity index (χ1n) is 3.08. The van der Waals surface area contributed by atoms with Gasteiger partial charge in [-0.15, -0.1) is 13.2 Å². The first kappa shape index (κ1) is 8.92. The van der Waals surface area contributed by atoms with Crippen LogP contribution >= 0.6 is 0 Å². The van der Waals surface area contributed by atoms with E-state index in [9.17, 15) is 0 Å². The van der Waals surface area contributed by atoms with E-state index in [2.05, 4.69) is 13.2 Å². The minimum Gasteiger partial charge on any atom is -0.392 e. The van der Waals surface area contributed by atoms with Gasteiger partial charge in [0.05, 0.1) is 6.61 Å². The zero-order valence-corrected chi connectivity index (χ0v) is 5.96. The van der Waals surface area contributed by atoms with Crippen molar-refractivity contribution >= 4 is 0 Å². The van der Waals surface area contributed by atoms with E-state index in [4.69, 9.17) is 5.11 Å². The minimum atomic E-state index is 0.140. The zero-order valence-electron chi connectivity index (χ0n) is 5.96. The lowest BCUT2D eigenvalue weighted by Gasteiger charge is -1.89. The van der Waals surface area contributed by atoms with E-state index in [-0.39, 0.29) is 6.61 Å². The maximum Gasteiger partial charge on any atom is 0.0681 e. The highest BCUT2D eigenvalue weighted by Gasteiger charge is 1.81. The number of hydrogen-bond donors (Lipinski definition) is 1. The highest BCUT2D eigenvalue weighted by atomic mass is 16.3. The molecule has 0 aliphatic rings. The van der Waals surface area contributed by atoms with Gasteiger partial charge in [0, 0.05) is 0 Å². The molecule has 0 aliphatic carbocycles. The van der Waals surface area contributed by atoms with Crippen molar-refractivity contribution in [3.8, 4) is 0 Å². The van der Waals surface area contributed by atoms with Crippen LogP contribution in [-0.2, 0) is 6.61 Å². The molecular formula is C9H12O. The average Bonchev–Trinajstić information content (AvgIpc) is 2.10.